The molecular formula is C20H18Cl2N4O4. The van der Waals surface area contributed by atoms with Crippen LogP contribution in [0.5, 0.6) is 5.75 Å². The summed E-state index contributed by atoms with van der Waals surface area (Å²) in [5.74, 6) is -1.87. The number of hydrazone groups is 1. The van der Waals surface area contributed by atoms with E-state index in [1.165, 1.54) is 12.3 Å². The number of hydrogen-bond donors (Lipinski definition) is 3. The molecule has 0 aliphatic rings. The van der Waals surface area contributed by atoms with Crippen LogP contribution in [-0.2, 0) is 14.4 Å². The molecule has 0 atom stereocenters. The van der Waals surface area contributed by atoms with E-state index < -0.39 is 17.7 Å². The number of hydrogen-bond acceptors (Lipinski definition) is 5. The molecule has 0 aromatic heterocycles. The summed E-state index contributed by atoms with van der Waals surface area (Å²) in [6.45, 7) is 3.29. The lowest BCUT2D eigenvalue weighted by atomic mass is 10.2. The highest BCUT2D eigenvalue weighted by atomic mass is 35.5. The Bertz CT molecular complexity index is 979. The van der Waals surface area contributed by atoms with Crippen LogP contribution in [0.15, 0.2) is 60.2 Å². The van der Waals surface area contributed by atoms with Crippen LogP contribution in [0.3, 0.4) is 0 Å². The van der Waals surface area contributed by atoms with Gasteiger partial charge in [0, 0.05) is 12.1 Å². The Balaban J connectivity index is 1.94. The molecule has 0 radical (unpaired) electrons. The van der Waals surface area contributed by atoms with Crippen molar-refractivity contribution in [3.05, 3.63) is 70.7 Å². The highest BCUT2D eigenvalue weighted by molar-refractivity contribution is 6.44. The van der Waals surface area contributed by atoms with Crippen molar-refractivity contribution in [1.82, 2.24) is 10.7 Å². The van der Waals surface area contributed by atoms with Crippen LogP contribution in [-0.4, -0.2) is 37.1 Å². The molecule has 0 saturated heterocycles. The van der Waals surface area contributed by atoms with E-state index in [-0.39, 0.29) is 18.2 Å². The van der Waals surface area contributed by atoms with E-state index in [2.05, 4.69) is 27.7 Å². The molecule has 3 amide bonds. The highest BCUT2D eigenvalue weighted by Crippen LogP contribution is 2.29. The summed E-state index contributed by atoms with van der Waals surface area (Å²) in [5, 5.41) is 9.20. The van der Waals surface area contributed by atoms with E-state index in [1.54, 1.807) is 42.5 Å². The fraction of sp³-hybridized carbons (Fsp3) is 0.100. The Kier molecular flexibility index (Phi) is 8.86. The Morgan fingerprint density at radius 3 is 2.60 bits per heavy atom. The lowest BCUT2D eigenvalue weighted by molar-refractivity contribution is -0.139. The molecule has 0 bridgehead atoms. The molecule has 0 saturated carbocycles. The molecular weight excluding hydrogens is 431 g/mol. The number of halogens is 2. The third-order valence-corrected chi connectivity index (χ3v) is 4.31. The number of carbonyl (C=O) groups excluding carboxylic acids is 3. The van der Waals surface area contributed by atoms with Crippen LogP contribution in [0.25, 0.3) is 0 Å². The second-order valence-electron chi connectivity index (χ2n) is 5.67. The van der Waals surface area contributed by atoms with Crippen LogP contribution in [0.4, 0.5) is 5.69 Å². The zero-order valence-electron chi connectivity index (χ0n) is 15.7. The number of benzene rings is 2. The molecule has 0 aliphatic heterocycles. The number of para-hydroxylation sites is 1. The summed E-state index contributed by atoms with van der Waals surface area (Å²) in [6.07, 6.45) is 2.73. The van der Waals surface area contributed by atoms with Crippen LogP contribution in [0.2, 0.25) is 10.0 Å². The predicted molar refractivity (Wildman–Crippen MR) is 116 cm³/mol. The lowest BCUT2D eigenvalue weighted by Crippen LogP contribution is -2.37. The molecule has 0 unspecified atom stereocenters. The summed E-state index contributed by atoms with van der Waals surface area (Å²) in [6, 6.07) is 11.6. The van der Waals surface area contributed by atoms with Crippen molar-refractivity contribution >= 4 is 52.8 Å². The summed E-state index contributed by atoms with van der Waals surface area (Å²) in [7, 11) is 0. The maximum absolute atomic E-state index is 12.1. The van der Waals surface area contributed by atoms with Gasteiger partial charge in [0.2, 0.25) is 0 Å². The molecule has 156 valence electrons. The first-order valence-electron chi connectivity index (χ1n) is 8.60. The number of nitrogens with zero attached hydrogens (tertiary/aromatic N) is 1. The second-order valence-corrected chi connectivity index (χ2v) is 6.46. The molecule has 0 heterocycles. The number of carbonyl (C=O) groups is 3. The van der Waals surface area contributed by atoms with Gasteiger partial charge < -0.3 is 15.4 Å². The van der Waals surface area contributed by atoms with Crippen molar-refractivity contribution in [2.75, 3.05) is 18.5 Å². The number of rotatable bonds is 8. The topological polar surface area (TPSA) is 109 Å². The van der Waals surface area contributed by atoms with Crippen molar-refractivity contribution in [2.24, 2.45) is 5.10 Å². The van der Waals surface area contributed by atoms with Crippen LogP contribution < -0.4 is 20.8 Å². The van der Waals surface area contributed by atoms with Gasteiger partial charge in [-0.25, -0.2) is 5.43 Å². The first-order valence-corrected chi connectivity index (χ1v) is 9.35. The summed E-state index contributed by atoms with van der Waals surface area (Å²) in [5.41, 5.74) is 2.95. The molecule has 0 spiro atoms. The number of amides is 3. The molecule has 3 N–H and O–H groups in total. The smallest absolute Gasteiger partial charge is 0.329 e. The van der Waals surface area contributed by atoms with Crippen molar-refractivity contribution in [3.8, 4) is 5.75 Å². The van der Waals surface area contributed by atoms with Gasteiger partial charge in [-0.05, 0) is 24.3 Å². The molecule has 2 aromatic rings. The van der Waals surface area contributed by atoms with Crippen molar-refractivity contribution < 1.29 is 19.1 Å². The van der Waals surface area contributed by atoms with Crippen molar-refractivity contribution in [1.29, 1.82) is 0 Å². The zero-order chi connectivity index (χ0) is 21.9. The third kappa shape index (κ3) is 6.91. The molecule has 2 rings (SSSR count). The van der Waals surface area contributed by atoms with Crippen molar-refractivity contribution in [3.63, 3.8) is 0 Å². The first kappa shape index (κ1) is 22.9. The minimum atomic E-state index is -0.927. The summed E-state index contributed by atoms with van der Waals surface area (Å²) in [4.78, 5) is 35.2. The van der Waals surface area contributed by atoms with Gasteiger partial charge in [0.05, 0.1) is 21.9 Å². The van der Waals surface area contributed by atoms with Gasteiger partial charge in [-0.15, -0.1) is 6.58 Å². The van der Waals surface area contributed by atoms with E-state index in [0.29, 0.717) is 22.0 Å². The second kappa shape index (κ2) is 11.6. The fourth-order valence-electron chi connectivity index (χ4n) is 2.10. The summed E-state index contributed by atoms with van der Waals surface area (Å²) >= 11 is 12.0. The normalized spacial score (nSPS) is 10.3. The van der Waals surface area contributed by atoms with Gasteiger partial charge in [0.15, 0.2) is 6.61 Å². The average Bonchev–Trinajstić information content (AvgIpc) is 2.74. The maximum Gasteiger partial charge on any atom is 0.329 e. The van der Waals surface area contributed by atoms with Crippen LogP contribution in [0, 0.1) is 0 Å². The quantitative estimate of drug-likeness (QED) is 0.249. The fourth-order valence-corrected chi connectivity index (χ4v) is 2.45. The van der Waals surface area contributed by atoms with Gasteiger partial charge in [-0.2, -0.15) is 5.10 Å². The average molecular weight is 449 g/mol. The first-order chi connectivity index (χ1) is 14.4. The molecule has 8 nitrogen and oxygen atoms in total. The Labute approximate surface area is 182 Å². The number of ether oxygens (including phenoxy) is 1. The van der Waals surface area contributed by atoms with E-state index in [0.717, 1.165) is 0 Å². The van der Waals surface area contributed by atoms with E-state index in [1.807, 2.05) is 0 Å². The Hall–Kier alpha value is -3.36. The van der Waals surface area contributed by atoms with E-state index in [9.17, 15) is 14.4 Å². The van der Waals surface area contributed by atoms with Crippen LogP contribution >= 0.6 is 23.2 Å². The number of anilines is 1. The zero-order valence-corrected chi connectivity index (χ0v) is 17.2. The molecule has 2 aromatic carbocycles. The number of nitrogens with one attached hydrogen (secondary N) is 3. The minimum Gasteiger partial charge on any atom is -0.483 e. The summed E-state index contributed by atoms with van der Waals surface area (Å²) < 4.78 is 5.52. The van der Waals surface area contributed by atoms with E-state index in [4.69, 9.17) is 27.9 Å². The lowest BCUT2D eigenvalue weighted by Gasteiger charge is -2.11. The van der Waals surface area contributed by atoms with Gasteiger partial charge in [-0.3, -0.25) is 14.4 Å². The maximum atomic E-state index is 12.1. The molecule has 0 fully saturated rings. The van der Waals surface area contributed by atoms with Crippen LogP contribution in [0.1, 0.15) is 5.56 Å². The van der Waals surface area contributed by atoms with Gasteiger partial charge >= 0.3 is 11.8 Å². The van der Waals surface area contributed by atoms with Gasteiger partial charge in [0.1, 0.15) is 5.75 Å². The monoisotopic (exact) mass is 448 g/mol. The van der Waals surface area contributed by atoms with Gasteiger partial charge in [-0.1, -0.05) is 47.5 Å². The largest absolute Gasteiger partial charge is 0.483 e. The minimum absolute atomic E-state index is 0.162. The highest BCUT2D eigenvalue weighted by Gasteiger charge is 2.12. The van der Waals surface area contributed by atoms with Gasteiger partial charge in [0.25, 0.3) is 5.91 Å². The predicted octanol–water partition coefficient (Wildman–Crippen LogP) is 2.76. The van der Waals surface area contributed by atoms with Crippen molar-refractivity contribution in [2.45, 2.75) is 0 Å². The molecule has 10 heteroatoms. The Morgan fingerprint density at radius 2 is 1.83 bits per heavy atom. The molecule has 0 aliphatic carbocycles. The SMILES string of the molecule is C=CCNC(=O)C(=O)N/N=C\c1ccccc1OCC(=O)Nc1cccc(Cl)c1Cl. The molecule has 30 heavy (non-hydrogen) atoms. The Morgan fingerprint density at radius 1 is 1.07 bits per heavy atom. The van der Waals surface area contributed by atoms with E-state index >= 15 is 0 Å². The third-order valence-electron chi connectivity index (χ3n) is 3.49. The standard InChI is InChI=1S/C20H18Cl2N4O4/c1-2-10-23-19(28)20(29)26-24-11-13-6-3-4-9-16(13)30-12-17(27)25-15-8-5-7-14(21)18(15)22/h2-9,11H,1,10,12H2,(H,23,28)(H,25,27)(H,26,29)/b24-11-.